The van der Waals surface area contributed by atoms with E-state index in [0.717, 1.165) is 25.5 Å². The summed E-state index contributed by atoms with van der Waals surface area (Å²) >= 11 is 0. The molecule has 0 atom stereocenters. The molecule has 0 bridgehead atoms. The molecule has 1 rings (SSSR count). The van der Waals surface area contributed by atoms with E-state index in [2.05, 4.69) is 3.77 Å². The van der Waals surface area contributed by atoms with Gasteiger partial charge in [0.15, 0.2) is 0 Å². The predicted molar refractivity (Wildman–Crippen MR) is 49.0 cm³/mol. The molecule has 1 saturated heterocycles. The van der Waals surface area contributed by atoms with Gasteiger partial charge in [0.25, 0.3) is 10.0 Å². The zero-order valence-electron chi connectivity index (χ0n) is 7.02. The van der Waals surface area contributed by atoms with Crippen molar-refractivity contribution in [2.45, 2.75) is 19.3 Å². The predicted octanol–water partition coefficient (Wildman–Crippen LogP) is 0.598. The van der Waals surface area contributed by atoms with Crippen LogP contribution < -0.4 is 0 Å². The zero-order chi connectivity index (χ0) is 9.24. The third-order valence-electron chi connectivity index (χ3n) is 1.70. The van der Waals surface area contributed by atoms with E-state index in [1.165, 1.54) is 0 Å². The molecule has 0 spiro atoms. The fourth-order valence-electron chi connectivity index (χ4n) is 1.26. The largest absolute Gasteiger partial charge is 0.257 e. The Kier molecular flexibility index (Phi) is 2.77. The summed E-state index contributed by atoms with van der Waals surface area (Å²) in [6, 6.07) is 0. The van der Waals surface area contributed by atoms with E-state index in [-0.39, 0.29) is 0 Å². The first kappa shape index (κ1) is 9.98. The topological polar surface area (TPSA) is 63.6 Å². The number of rotatable bonds is 1. The molecule has 1 fully saturated rings. The highest BCUT2D eigenvalue weighted by atomic mass is 32.3. The molecule has 0 N–H and O–H groups in total. The lowest BCUT2D eigenvalue weighted by molar-refractivity contribution is 0.603. The van der Waals surface area contributed by atoms with Crippen molar-refractivity contribution in [1.29, 1.82) is 0 Å². The molecule has 0 aromatic carbocycles. The van der Waals surface area contributed by atoms with Crippen LogP contribution in [0.15, 0.2) is 3.77 Å². The monoisotopic (exact) mass is 211 g/mol. The van der Waals surface area contributed by atoms with E-state index in [9.17, 15) is 12.6 Å². The second-order valence-corrected chi connectivity index (χ2v) is 7.47. The van der Waals surface area contributed by atoms with Gasteiger partial charge in [0, 0.05) is 11.5 Å². The van der Waals surface area contributed by atoms with Crippen molar-refractivity contribution in [3.05, 3.63) is 0 Å². The summed E-state index contributed by atoms with van der Waals surface area (Å²) in [6.07, 6.45) is 3.69. The maximum absolute atomic E-state index is 11.7. The molecule has 1 aliphatic heterocycles. The molecule has 0 unspecified atom stereocenters. The molecule has 12 heavy (non-hydrogen) atoms. The van der Waals surface area contributed by atoms with E-state index < -0.39 is 19.8 Å². The molecule has 1 heterocycles. The Labute approximate surface area is 73.6 Å². The Morgan fingerprint density at radius 3 is 2.08 bits per heavy atom. The maximum atomic E-state index is 11.7. The molecule has 72 valence electrons. The number of hydrogen-bond acceptors (Lipinski definition) is 3. The van der Waals surface area contributed by atoms with Crippen LogP contribution in [0, 0.1) is 0 Å². The Morgan fingerprint density at radius 1 is 1.17 bits per heavy atom. The first-order valence-electron chi connectivity index (χ1n) is 3.85. The Hall–Kier alpha value is -0.100. The maximum Gasteiger partial charge on any atom is 0.257 e. The van der Waals surface area contributed by atoms with Gasteiger partial charge in [-0.1, -0.05) is 6.42 Å². The van der Waals surface area contributed by atoms with Crippen LogP contribution in [0.1, 0.15) is 19.3 Å². The molecular formula is C6H13NO3S2. The summed E-state index contributed by atoms with van der Waals surface area (Å²) < 4.78 is 36.6. The fourth-order valence-corrected chi connectivity index (χ4v) is 5.34. The van der Waals surface area contributed by atoms with Crippen LogP contribution >= 0.6 is 0 Å². The molecule has 0 radical (unpaired) electrons. The van der Waals surface area contributed by atoms with Crippen molar-refractivity contribution < 1.29 is 12.6 Å². The van der Waals surface area contributed by atoms with Gasteiger partial charge in [0.1, 0.15) is 0 Å². The highest BCUT2D eigenvalue weighted by Gasteiger charge is 2.16. The van der Waals surface area contributed by atoms with E-state index in [0.29, 0.717) is 11.5 Å². The van der Waals surface area contributed by atoms with E-state index in [1.807, 2.05) is 0 Å². The lowest BCUT2D eigenvalue weighted by Gasteiger charge is -2.13. The molecule has 6 heteroatoms. The molecule has 0 saturated carbocycles. The minimum Gasteiger partial charge on any atom is -0.249 e. The molecule has 0 aliphatic carbocycles. The fraction of sp³-hybridized carbons (Fsp3) is 1.00. The molecular weight excluding hydrogens is 198 g/mol. The van der Waals surface area contributed by atoms with Gasteiger partial charge in [-0.05, 0) is 12.8 Å². The SMILES string of the molecule is CS(=O)(=O)N=S1(=O)CCCCC1. The van der Waals surface area contributed by atoms with Crippen LogP contribution in [0.2, 0.25) is 0 Å². The van der Waals surface area contributed by atoms with Gasteiger partial charge in [-0.3, -0.25) is 0 Å². The van der Waals surface area contributed by atoms with Crippen molar-refractivity contribution in [2.24, 2.45) is 3.77 Å². The number of sulfonamides is 1. The summed E-state index contributed by atoms with van der Waals surface area (Å²) in [5.41, 5.74) is 0. The van der Waals surface area contributed by atoms with Crippen molar-refractivity contribution in [3.8, 4) is 0 Å². The normalized spacial score (nSPS) is 23.4. The van der Waals surface area contributed by atoms with Gasteiger partial charge >= 0.3 is 0 Å². The smallest absolute Gasteiger partial charge is 0.249 e. The lowest BCUT2D eigenvalue weighted by Crippen LogP contribution is -2.17. The van der Waals surface area contributed by atoms with Crippen LogP contribution in [-0.2, 0) is 19.8 Å². The van der Waals surface area contributed by atoms with E-state index >= 15 is 0 Å². The van der Waals surface area contributed by atoms with Crippen LogP contribution in [0.5, 0.6) is 0 Å². The van der Waals surface area contributed by atoms with E-state index in [1.54, 1.807) is 0 Å². The number of nitrogens with zero attached hydrogens (tertiary/aromatic N) is 1. The van der Waals surface area contributed by atoms with Crippen LogP contribution in [0.3, 0.4) is 0 Å². The lowest BCUT2D eigenvalue weighted by atomic mass is 10.3. The summed E-state index contributed by atoms with van der Waals surface area (Å²) in [5, 5.41) is 0. The molecule has 0 amide bonds. The van der Waals surface area contributed by atoms with Crippen molar-refractivity contribution in [2.75, 3.05) is 17.8 Å². The van der Waals surface area contributed by atoms with Crippen LogP contribution in [0.25, 0.3) is 0 Å². The highest BCUT2D eigenvalue weighted by Crippen LogP contribution is 2.14. The first-order valence-corrected chi connectivity index (χ1v) is 7.55. The molecule has 4 nitrogen and oxygen atoms in total. The second-order valence-electron chi connectivity index (χ2n) is 3.05. The molecule has 1 aliphatic rings. The summed E-state index contributed by atoms with van der Waals surface area (Å²) in [7, 11) is -5.84. The standard InChI is InChI=1S/C6H13NO3S2/c1-11(8,9)7-12(10)5-3-2-4-6-12/h2-6H2,1H3. The van der Waals surface area contributed by atoms with Gasteiger partial charge in [-0.15, -0.1) is 3.77 Å². The van der Waals surface area contributed by atoms with Crippen LogP contribution in [-0.4, -0.2) is 30.4 Å². The average molecular weight is 211 g/mol. The van der Waals surface area contributed by atoms with Crippen molar-refractivity contribution in [1.82, 2.24) is 0 Å². The van der Waals surface area contributed by atoms with Gasteiger partial charge in [-0.2, -0.15) is 0 Å². The average Bonchev–Trinajstić information content (AvgIpc) is 1.83. The third-order valence-corrected chi connectivity index (χ3v) is 5.72. The Balaban J connectivity index is 2.99. The highest BCUT2D eigenvalue weighted by molar-refractivity contribution is 8.03. The van der Waals surface area contributed by atoms with Crippen molar-refractivity contribution in [3.63, 3.8) is 0 Å². The van der Waals surface area contributed by atoms with E-state index in [4.69, 9.17) is 0 Å². The van der Waals surface area contributed by atoms with Crippen LogP contribution in [0.4, 0.5) is 0 Å². The Bertz CT molecular complexity index is 350. The molecule has 0 aromatic heterocycles. The summed E-state index contributed by atoms with van der Waals surface area (Å²) in [6.45, 7) is 0. The Morgan fingerprint density at radius 2 is 1.67 bits per heavy atom. The summed E-state index contributed by atoms with van der Waals surface area (Å²) in [4.78, 5) is 0. The minimum atomic E-state index is -3.43. The van der Waals surface area contributed by atoms with Gasteiger partial charge in [0.2, 0.25) is 0 Å². The summed E-state index contributed by atoms with van der Waals surface area (Å²) in [5.74, 6) is 0.889. The zero-order valence-corrected chi connectivity index (χ0v) is 8.66. The van der Waals surface area contributed by atoms with Crippen molar-refractivity contribution >= 4 is 19.8 Å². The first-order chi connectivity index (χ1) is 5.41. The van der Waals surface area contributed by atoms with Gasteiger partial charge in [0.05, 0.1) is 16.0 Å². The molecule has 0 aromatic rings. The van der Waals surface area contributed by atoms with Gasteiger partial charge in [-0.25, -0.2) is 12.6 Å². The second kappa shape index (κ2) is 3.33. The third kappa shape index (κ3) is 3.10. The minimum absolute atomic E-state index is 0.445. The van der Waals surface area contributed by atoms with Gasteiger partial charge < -0.3 is 0 Å². The quantitative estimate of drug-likeness (QED) is 0.638. The number of hydrogen-bond donors (Lipinski definition) is 0.